The zero-order valence-electron chi connectivity index (χ0n) is 15.6. The van der Waals surface area contributed by atoms with Crippen LogP contribution in [0.5, 0.6) is 0 Å². The van der Waals surface area contributed by atoms with E-state index in [4.69, 9.17) is 15.7 Å². The third-order valence-electron chi connectivity index (χ3n) is 4.42. The Balaban J connectivity index is 1.96. The number of pyridine rings is 1. The fourth-order valence-electron chi connectivity index (χ4n) is 2.93. The molecular formula is C19H20N6OS2. The van der Waals surface area contributed by atoms with Gasteiger partial charge in [-0.05, 0) is 18.6 Å². The molecule has 4 rings (SSSR count). The molecule has 1 atom stereocenters. The predicted molar refractivity (Wildman–Crippen MR) is 113 cm³/mol. The Morgan fingerprint density at radius 2 is 2.11 bits per heavy atom. The zero-order chi connectivity index (χ0) is 19.7. The van der Waals surface area contributed by atoms with Crippen molar-refractivity contribution in [3.8, 4) is 22.8 Å². The van der Waals surface area contributed by atoms with Gasteiger partial charge in [-0.25, -0.2) is 15.0 Å². The predicted octanol–water partition coefficient (Wildman–Crippen LogP) is 3.64. The molecule has 7 nitrogen and oxygen atoms in total. The lowest BCUT2D eigenvalue weighted by Crippen LogP contribution is -2.00. The first-order chi connectivity index (χ1) is 13.6. The monoisotopic (exact) mass is 412 g/mol. The van der Waals surface area contributed by atoms with E-state index < -0.39 is 10.8 Å². The third kappa shape index (κ3) is 3.31. The van der Waals surface area contributed by atoms with Crippen LogP contribution in [0.3, 0.4) is 0 Å². The van der Waals surface area contributed by atoms with Crippen molar-refractivity contribution in [2.75, 3.05) is 11.5 Å². The second-order valence-electron chi connectivity index (χ2n) is 6.41. The van der Waals surface area contributed by atoms with Gasteiger partial charge in [-0.2, -0.15) is 0 Å². The van der Waals surface area contributed by atoms with Gasteiger partial charge in [-0.15, -0.1) is 11.3 Å². The van der Waals surface area contributed by atoms with Crippen LogP contribution in [0, 0.1) is 0 Å². The number of aromatic nitrogens is 5. The second-order valence-corrected chi connectivity index (χ2v) is 9.18. The van der Waals surface area contributed by atoms with E-state index in [-0.39, 0.29) is 0 Å². The lowest BCUT2D eigenvalue weighted by Gasteiger charge is -2.07. The van der Waals surface area contributed by atoms with Crippen LogP contribution < -0.4 is 5.73 Å². The summed E-state index contributed by atoms with van der Waals surface area (Å²) >= 11 is 1.38. The molecule has 2 N–H and O–H groups in total. The Morgan fingerprint density at radius 1 is 1.25 bits per heavy atom. The van der Waals surface area contributed by atoms with E-state index in [1.165, 1.54) is 11.3 Å². The molecule has 0 aliphatic rings. The maximum Gasteiger partial charge on any atom is 0.163 e. The molecule has 0 saturated heterocycles. The fourth-order valence-corrected chi connectivity index (χ4v) is 5.70. The molecule has 9 heteroatoms. The van der Waals surface area contributed by atoms with Crippen molar-refractivity contribution in [3.63, 3.8) is 0 Å². The molecule has 0 spiro atoms. The fraction of sp³-hybridized carbons (Fsp3) is 0.263. The van der Waals surface area contributed by atoms with Gasteiger partial charge in [0.2, 0.25) is 0 Å². The van der Waals surface area contributed by atoms with E-state index in [0.717, 1.165) is 34.3 Å². The molecule has 0 radical (unpaired) electrons. The molecular weight excluding hydrogens is 392 g/mol. The van der Waals surface area contributed by atoms with Gasteiger partial charge >= 0.3 is 0 Å². The summed E-state index contributed by atoms with van der Waals surface area (Å²) in [5, 5.41) is 0.737. The van der Waals surface area contributed by atoms with Crippen LogP contribution in [0.4, 0.5) is 5.69 Å². The van der Waals surface area contributed by atoms with E-state index in [9.17, 15) is 4.21 Å². The number of anilines is 1. The largest absolute Gasteiger partial charge is 0.396 e. The molecule has 0 amide bonds. The molecule has 4 aromatic rings. The highest BCUT2D eigenvalue weighted by Gasteiger charge is 2.23. The number of aryl methyl sites for hydroxylation is 1. The smallest absolute Gasteiger partial charge is 0.163 e. The number of imidazole rings is 1. The summed E-state index contributed by atoms with van der Waals surface area (Å²) in [7, 11) is 0.758. The number of nitrogens with zero attached hydrogens (tertiary/aromatic N) is 5. The topological polar surface area (TPSA) is 99.6 Å². The van der Waals surface area contributed by atoms with Gasteiger partial charge in [0, 0.05) is 30.8 Å². The van der Waals surface area contributed by atoms with Gasteiger partial charge in [0.1, 0.15) is 14.7 Å². The molecule has 0 aliphatic heterocycles. The van der Waals surface area contributed by atoms with Gasteiger partial charge in [0.15, 0.2) is 5.82 Å². The van der Waals surface area contributed by atoms with Gasteiger partial charge in [-0.3, -0.25) is 9.19 Å². The average molecular weight is 413 g/mol. The summed E-state index contributed by atoms with van der Waals surface area (Å²) < 4.78 is 15.3. The minimum Gasteiger partial charge on any atom is -0.396 e. The molecule has 28 heavy (non-hydrogen) atoms. The molecule has 4 aromatic heterocycles. The number of fused-ring (bicyclic) bond motifs is 1. The molecule has 144 valence electrons. The number of rotatable bonds is 6. The summed E-state index contributed by atoms with van der Waals surface area (Å²) in [5.74, 6) is 1.15. The highest BCUT2D eigenvalue weighted by Crippen LogP contribution is 2.41. The SMILES string of the molecule is CCCCS(=O)c1sc2nc(-c3cccnc3)nc(-c3cncn3C)c2c1N. The van der Waals surface area contributed by atoms with E-state index in [1.807, 2.05) is 23.7 Å². The lowest BCUT2D eigenvalue weighted by atomic mass is 10.2. The normalized spacial score (nSPS) is 12.5. The van der Waals surface area contributed by atoms with Crippen LogP contribution >= 0.6 is 11.3 Å². The Bertz CT molecular complexity index is 1150. The first-order valence-corrected chi connectivity index (χ1v) is 11.1. The lowest BCUT2D eigenvalue weighted by molar-refractivity contribution is 0.681. The van der Waals surface area contributed by atoms with Crippen molar-refractivity contribution in [1.29, 1.82) is 0 Å². The molecule has 0 saturated carbocycles. The maximum atomic E-state index is 12.8. The van der Waals surface area contributed by atoms with Crippen molar-refractivity contribution in [2.45, 2.75) is 24.0 Å². The van der Waals surface area contributed by atoms with Gasteiger partial charge in [0.05, 0.1) is 40.1 Å². The second kappa shape index (κ2) is 7.76. The van der Waals surface area contributed by atoms with E-state index in [0.29, 0.717) is 27.2 Å². The molecule has 0 aromatic carbocycles. The average Bonchev–Trinajstić information content (AvgIpc) is 3.29. The van der Waals surface area contributed by atoms with Gasteiger partial charge in [0.25, 0.3) is 0 Å². The van der Waals surface area contributed by atoms with Crippen LogP contribution in [0.25, 0.3) is 33.0 Å². The quantitative estimate of drug-likeness (QED) is 0.519. The van der Waals surface area contributed by atoms with Gasteiger partial charge < -0.3 is 10.3 Å². The first kappa shape index (κ1) is 18.7. The van der Waals surface area contributed by atoms with Crippen LogP contribution in [0.15, 0.2) is 41.3 Å². The molecule has 0 aliphatic carbocycles. The minimum absolute atomic E-state index is 0.503. The molecule has 0 fully saturated rings. The standard InChI is InChI=1S/C19H20N6OS2/c1-3-4-8-28(26)19-15(20)14-16(13-10-22-11-25(13)2)23-17(24-18(14)27-19)12-6-5-7-21-9-12/h5-7,9-11H,3-4,8,20H2,1-2H3. The van der Waals surface area contributed by atoms with Crippen LogP contribution in [-0.4, -0.2) is 34.5 Å². The molecule has 1 unspecified atom stereocenters. The van der Waals surface area contributed by atoms with Crippen LogP contribution in [-0.2, 0) is 17.8 Å². The summed E-state index contributed by atoms with van der Waals surface area (Å²) in [5.41, 5.74) is 9.29. The third-order valence-corrected chi connectivity index (χ3v) is 7.42. The molecule has 0 bridgehead atoms. The first-order valence-electron chi connectivity index (χ1n) is 8.95. The van der Waals surface area contributed by atoms with E-state index in [1.54, 1.807) is 24.9 Å². The summed E-state index contributed by atoms with van der Waals surface area (Å²) in [6, 6.07) is 3.76. The highest BCUT2D eigenvalue weighted by atomic mass is 32.2. The van der Waals surface area contributed by atoms with Crippen molar-refractivity contribution >= 4 is 38.0 Å². The Morgan fingerprint density at radius 3 is 2.79 bits per heavy atom. The van der Waals surface area contributed by atoms with Crippen LogP contribution in [0.1, 0.15) is 19.8 Å². The highest BCUT2D eigenvalue weighted by molar-refractivity contribution is 7.87. The Labute approximate surface area is 169 Å². The van der Waals surface area contributed by atoms with Crippen LogP contribution in [0.2, 0.25) is 0 Å². The number of nitrogens with two attached hydrogens (primary N) is 1. The van der Waals surface area contributed by atoms with E-state index >= 15 is 0 Å². The Hall–Kier alpha value is -2.65. The number of hydrogen-bond acceptors (Lipinski definition) is 7. The maximum absolute atomic E-state index is 12.8. The van der Waals surface area contributed by atoms with Crippen molar-refractivity contribution < 1.29 is 4.21 Å². The zero-order valence-corrected chi connectivity index (χ0v) is 17.3. The number of nitrogen functional groups attached to an aromatic ring is 1. The van der Waals surface area contributed by atoms with Crippen molar-refractivity contribution in [2.24, 2.45) is 7.05 Å². The summed E-state index contributed by atoms with van der Waals surface area (Å²) in [6.45, 7) is 2.08. The van der Waals surface area contributed by atoms with Gasteiger partial charge in [-0.1, -0.05) is 13.3 Å². The van der Waals surface area contributed by atoms with Crippen molar-refractivity contribution in [1.82, 2.24) is 24.5 Å². The minimum atomic E-state index is -1.15. The van der Waals surface area contributed by atoms with Crippen molar-refractivity contribution in [3.05, 3.63) is 37.1 Å². The number of hydrogen-bond donors (Lipinski definition) is 1. The summed E-state index contributed by atoms with van der Waals surface area (Å²) in [6.07, 6.45) is 8.78. The number of thiophene rings is 1. The van der Waals surface area contributed by atoms with E-state index in [2.05, 4.69) is 16.9 Å². The molecule has 4 heterocycles. The Kier molecular flexibility index (Phi) is 5.19. The number of unbranched alkanes of at least 4 members (excludes halogenated alkanes) is 1. The summed E-state index contributed by atoms with van der Waals surface area (Å²) in [4.78, 5) is 18.6.